The van der Waals surface area contributed by atoms with Crippen molar-refractivity contribution in [2.45, 2.75) is 37.3 Å². The molecule has 0 aromatic rings. The van der Waals surface area contributed by atoms with Gasteiger partial charge in [0.25, 0.3) is 5.91 Å². The predicted octanol–water partition coefficient (Wildman–Crippen LogP) is -1.06. The number of nitrogens with one attached hydrogen (secondary N) is 3. The molecule has 3 rings (SSSR count). The molecule has 7 heteroatoms. The van der Waals surface area contributed by atoms with Gasteiger partial charge < -0.3 is 15.5 Å². The molecule has 0 saturated carbocycles. The molecular formula is C12H18N4O3. The average molecular weight is 266 g/mol. The first-order valence-corrected chi connectivity index (χ1v) is 6.76. The number of nitrogens with zero attached hydrogens (tertiary/aromatic N) is 1. The van der Waals surface area contributed by atoms with Gasteiger partial charge in [-0.05, 0) is 25.8 Å². The summed E-state index contributed by atoms with van der Waals surface area (Å²) in [5.41, 5.74) is -0.901. The second-order valence-electron chi connectivity index (χ2n) is 5.50. The molecule has 3 fully saturated rings. The standard InChI is InChI=1S/C12H18N4O3/c17-9(8-3-1-2-5-13-8)16-6-4-12(7-16)10(18)14-11(19)15-12/h8,13H,1-7H2,(H2,14,15,18,19). The van der Waals surface area contributed by atoms with E-state index in [9.17, 15) is 14.4 Å². The first-order valence-electron chi connectivity index (χ1n) is 6.76. The molecule has 2 atom stereocenters. The maximum atomic E-state index is 12.3. The van der Waals surface area contributed by atoms with Crippen LogP contribution in [-0.2, 0) is 9.59 Å². The van der Waals surface area contributed by atoms with Crippen molar-refractivity contribution < 1.29 is 14.4 Å². The second kappa shape index (κ2) is 4.48. The lowest BCUT2D eigenvalue weighted by Crippen LogP contribution is -2.52. The Bertz CT molecular complexity index is 433. The van der Waals surface area contributed by atoms with Crippen molar-refractivity contribution in [3.63, 3.8) is 0 Å². The summed E-state index contributed by atoms with van der Waals surface area (Å²) in [4.78, 5) is 37.1. The van der Waals surface area contributed by atoms with Crippen LogP contribution in [0.25, 0.3) is 0 Å². The minimum atomic E-state index is -0.901. The van der Waals surface area contributed by atoms with Crippen LogP contribution in [0, 0.1) is 0 Å². The molecule has 3 saturated heterocycles. The summed E-state index contributed by atoms with van der Waals surface area (Å²) in [6, 6.07) is -0.598. The Morgan fingerprint density at radius 3 is 2.79 bits per heavy atom. The highest BCUT2D eigenvalue weighted by Crippen LogP contribution is 2.25. The number of rotatable bonds is 1. The largest absolute Gasteiger partial charge is 0.338 e. The van der Waals surface area contributed by atoms with Crippen LogP contribution >= 0.6 is 0 Å². The third-order valence-electron chi connectivity index (χ3n) is 4.20. The number of carbonyl (C=O) groups excluding carboxylic acids is 3. The van der Waals surface area contributed by atoms with E-state index < -0.39 is 11.6 Å². The SMILES string of the molecule is O=C1NC(=O)C2(CCN(C(=O)C3CCCCN3)C2)N1. The number of hydrogen-bond acceptors (Lipinski definition) is 4. The molecule has 0 aliphatic carbocycles. The maximum Gasteiger partial charge on any atom is 0.322 e. The lowest BCUT2D eigenvalue weighted by atomic mass is 9.99. The van der Waals surface area contributed by atoms with Gasteiger partial charge in [0.05, 0.1) is 12.6 Å². The monoisotopic (exact) mass is 266 g/mol. The summed E-state index contributed by atoms with van der Waals surface area (Å²) in [7, 11) is 0. The van der Waals surface area contributed by atoms with Crippen LogP contribution in [0.3, 0.4) is 0 Å². The summed E-state index contributed by atoms with van der Waals surface area (Å²) in [5.74, 6) is -0.269. The summed E-state index contributed by atoms with van der Waals surface area (Å²) < 4.78 is 0. The van der Waals surface area contributed by atoms with E-state index in [2.05, 4.69) is 16.0 Å². The van der Waals surface area contributed by atoms with E-state index in [0.717, 1.165) is 25.8 Å². The van der Waals surface area contributed by atoms with Gasteiger partial charge in [0.15, 0.2) is 0 Å². The first kappa shape index (κ1) is 12.4. The van der Waals surface area contributed by atoms with Crippen LogP contribution in [0.2, 0.25) is 0 Å². The molecular weight excluding hydrogens is 248 g/mol. The molecule has 4 amide bonds. The average Bonchev–Trinajstić information content (AvgIpc) is 2.95. The maximum absolute atomic E-state index is 12.3. The fourth-order valence-corrected chi connectivity index (χ4v) is 3.10. The van der Waals surface area contributed by atoms with Crippen molar-refractivity contribution in [2.24, 2.45) is 0 Å². The van der Waals surface area contributed by atoms with Gasteiger partial charge in [-0.2, -0.15) is 0 Å². The smallest absolute Gasteiger partial charge is 0.322 e. The Balaban J connectivity index is 1.67. The van der Waals surface area contributed by atoms with Crippen LogP contribution in [0.4, 0.5) is 4.79 Å². The lowest BCUT2D eigenvalue weighted by molar-refractivity contribution is -0.133. The van der Waals surface area contributed by atoms with E-state index in [1.807, 2.05) is 0 Å². The topological polar surface area (TPSA) is 90.5 Å². The Morgan fingerprint density at radius 1 is 1.32 bits per heavy atom. The van der Waals surface area contributed by atoms with Gasteiger partial charge in [0.2, 0.25) is 5.91 Å². The minimum Gasteiger partial charge on any atom is -0.338 e. The van der Waals surface area contributed by atoms with Gasteiger partial charge in [0, 0.05) is 6.54 Å². The number of likely N-dealkylation sites (tertiary alicyclic amines) is 1. The third kappa shape index (κ3) is 2.07. The molecule has 0 aromatic carbocycles. The number of carbonyl (C=O) groups is 3. The van der Waals surface area contributed by atoms with Crippen molar-refractivity contribution in [1.29, 1.82) is 0 Å². The highest BCUT2D eigenvalue weighted by atomic mass is 16.2. The van der Waals surface area contributed by atoms with Gasteiger partial charge in [-0.25, -0.2) is 4.79 Å². The fraction of sp³-hybridized carbons (Fsp3) is 0.750. The number of urea groups is 1. The van der Waals surface area contributed by atoms with E-state index in [-0.39, 0.29) is 24.4 Å². The quantitative estimate of drug-likeness (QED) is 0.528. The Labute approximate surface area is 111 Å². The molecule has 0 aromatic heterocycles. The molecule has 2 unspecified atom stereocenters. The highest BCUT2D eigenvalue weighted by Gasteiger charge is 2.52. The predicted molar refractivity (Wildman–Crippen MR) is 66.2 cm³/mol. The number of piperidine rings is 1. The van der Waals surface area contributed by atoms with Gasteiger partial charge in [-0.1, -0.05) is 6.42 Å². The highest BCUT2D eigenvalue weighted by molar-refractivity contribution is 6.07. The van der Waals surface area contributed by atoms with Crippen LogP contribution < -0.4 is 16.0 Å². The lowest BCUT2D eigenvalue weighted by Gasteiger charge is -2.28. The van der Waals surface area contributed by atoms with Crippen molar-refractivity contribution >= 4 is 17.8 Å². The van der Waals surface area contributed by atoms with E-state index in [0.29, 0.717) is 13.0 Å². The zero-order valence-electron chi connectivity index (χ0n) is 10.7. The van der Waals surface area contributed by atoms with Crippen molar-refractivity contribution in [3.05, 3.63) is 0 Å². The van der Waals surface area contributed by atoms with E-state index in [4.69, 9.17) is 0 Å². The van der Waals surface area contributed by atoms with Gasteiger partial charge in [-0.3, -0.25) is 14.9 Å². The molecule has 104 valence electrons. The van der Waals surface area contributed by atoms with Gasteiger partial charge >= 0.3 is 6.03 Å². The minimum absolute atomic E-state index is 0.0468. The number of imide groups is 1. The van der Waals surface area contributed by atoms with Gasteiger partial charge in [0.1, 0.15) is 5.54 Å². The molecule has 3 aliphatic heterocycles. The Kier molecular flexibility index (Phi) is 2.93. The van der Waals surface area contributed by atoms with E-state index >= 15 is 0 Å². The van der Waals surface area contributed by atoms with Crippen LogP contribution in [0.1, 0.15) is 25.7 Å². The van der Waals surface area contributed by atoms with Crippen LogP contribution in [0.15, 0.2) is 0 Å². The van der Waals surface area contributed by atoms with Gasteiger partial charge in [-0.15, -0.1) is 0 Å². The Hall–Kier alpha value is -1.63. The molecule has 3 aliphatic rings. The molecule has 7 nitrogen and oxygen atoms in total. The summed E-state index contributed by atoms with van der Waals surface area (Å²) in [6.07, 6.45) is 3.50. The molecule has 1 spiro atoms. The van der Waals surface area contributed by atoms with Crippen molar-refractivity contribution in [2.75, 3.05) is 19.6 Å². The van der Waals surface area contributed by atoms with Crippen LogP contribution in [-0.4, -0.2) is 54.0 Å². The fourth-order valence-electron chi connectivity index (χ4n) is 3.10. The number of amides is 4. The van der Waals surface area contributed by atoms with E-state index in [1.54, 1.807) is 4.90 Å². The van der Waals surface area contributed by atoms with Crippen molar-refractivity contribution in [1.82, 2.24) is 20.9 Å². The molecule has 3 heterocycles. The molecule has 3 N–H and O–H groups in total. The van der Waals surface area contributed by atoms with Crippen molar-refractivity contribution in [3.8, 4) is 0 Å². The summed E-state index contributed by atoms with van der Waals surface area (Å²) >= 11 is 0. The number of hydrogen-bond donors (Lipinski definition) is 3. The zero-order chi connectivity index (χ0) is 13.5. The molecule has 0 bridgehead atoms. The summed E-state index contributed by atoms with van der Waals surface area (Å²) in [5, 5.41) is 8.11. The van der Waals surface area contributed by atoms with E-state index in [1.165, 1.54) is 0 Å². The normalized spacial score (nSPS) is 34.5. The zero-order valence-corrected chi connectivity index (χ0v) is 10.7. The Morgan fingerprint density at radius 2 is 2.16 bits per heavy atom. The van der Waals surface area contributed by atoms with Crippen LogP contribution in [0.5, 0.6) is 0 Å². The summed E-state index contributed by atoms with van der Waals surface area (Å²) in [6.45, 7) is 1.67. The third-order valence-corrected chi connectivity index (χ3v) is 4.20. The first-order chi connectivity index (χ1) is 9.11. The molecule has 0 radical (unpaired) electrons. The molecule has 19 heavy (non-hydrogen) atoms. The second-order valence-corrected chi connectivity index (χ2v) is 5.50.